The maximum atomic E-state index is 9.75. The van der Waals surface area contributed by atoms with Crippen LogP contribution in [-0.4, -0.2) is 31.5 Å². The van der Waals surface area contributed by atoms with E-state index in [1.165, 1.54) is 0 Å². The zero-order chi connectivity index (χ0) is 12.3. The topological polar surface area (TPSA) is 51.2 Å². The van der Waals surface area contributed by atoms with Crippen molar-refractivity contribution >= 4 is 0 Å². The summed E-state index contributed by atoms with van der Waals surface area (Å²) in [6.45, 7) is 3.26. The van der Waals surface area contributed by atoms with Gasteiger partial charge in [0.25, 0.3) is 0 Å². The smallest absolute Gasteiger partial charge is 0.161 e. The third-order valence-corrected chi connectivity index (χ3v) is 2.79. The largest absolute Gasteiger partial charge is 0.493 e. The number of ether oxygens (including phenoxy) is 3. The van der Waals surface area contributed by atoms with Crippen LogP contribution in [0.4, 0.5) is 0 Å². The lowest BCUT2D eigenvalue weighted by Gasteiger charge is -2.13. The molecule has 1 aromatic rings. The van der Waals surface area contributed by atoms with E-state index in [-0.39, 0.29) is 6.10 Å². The average Bonchev–Trinajstić information content (AvgIpc) is 3.19. The third-order valence-electron chi connectivity index (χ3n) is 2.79. The van der Waals surface area contributed by atoms with Crippen LogP contribution < -0.4 is 9.47 Å². The highest BCUT2D eigenvalue weighted by Crippen LogP contribution is 2.31. The average molecular weight is 238 g/mol. The standard InChI is InChI=1S/C13H18O4/c1-3-11(14)9-4-5-12(13(6-9)15-2)17-8-10-7-16-10/h4-6,10-11,14H,3,7-8H2,1-2H3/t10-,11-/m0/s1. The molecule has 2 atom stereocenters. The number of methoxy groups -OCH3 is 1. The van der Waals surface area contributed by atoms with Crippen molar-refractivity contribution in [2.24, 2.45) is 0 Å². The lowest BCUT2D eigenvalue weighted by Crippen LogP contribution is -2.05. The second-order valence-electron chi connectivity index (χ2n) is 4.10. The van der Waals surface area contributed by atoms with Gasteiger partial charge in [0.2, 0.25) is 0 Å². The summed E-state index contributed by atoms with van der Waals surface area (Å²) < 4.78 is 15.9. The van der Waals surface area contributed by atoms with Crippen LogP contribution in [0.3, 0.4) is 0 Å². The molecule has 0 unspecified atom stereocenters. The quantitative estimate of drug-likeness (QED) is 0.769. The molecule has 0 spiro atoms. The van der Waals surface area contributed by atoms with E-state index in [1.807, 2.05) is 25.1 Å². The molecule has 0 bridgehead atoms. The first kappa shape index (κ1) is 12.2. The third kappa shape index (κ3) is 3.11. The maximum Gasteiger partial charge on any atom is 0.161 e. The van der Waals surface area contributed by atoms with E-state index < -0.39 is 6.10 Å². The predicted molar refractivity (Wildman–Crippen MR) is 63.5 cm³/mol. The van der Waals surface area contributed by atoms with Crippen molar-refractivity contribution in [3.63, 3.8) is 0 Å². The first-order chi connectivity index (χ1) is 8.24. The number of rotatable bonds is 6. The second-order valence-corrected chi connectivity index (χ2v) is 4.10. The second kappa shape index (κ2) is 5.38. The van der Waals surface area contributed by atoms with Gasteiger partial charge in [-0.3, -0.25) is 0 Å². The van der Waals surface area contributed by atoms with Crippen molar-refractivity contribution in [2.45, 2.75) is 25.6 Å². The van der Waals surface area contributed by atoms with Crippen LogP contribution in [0.15, 0.2) is 18.2 Å². The maximum absolute atomic E-state index is 9.75. The molecule has 0 amide bonds. The number of aliphatic hydroxyl groups excluding tert-OH is 1. The Morgan fingerprint density at radius 2 is 2.24 bits per heavy atom. The fourth-order valence-electron chi connectivity index (χ4n) is 1.59. The molecule has 0 saturated carbocycles. The molecule has 0 aliphatic carbocycles. The minimum atomic E-state index is -0.454. The van der Waals surface area contributed by atoms with E-state index >= 15 is 0 Å². The van der Waals surface area contributed by atoms with Crippen LogP contribution in [0.5, 0.6) is 11.5 Å². The van der Waals surface area contributed by atoms with E-state index in [2.05, 4.69) is 0 Å². The number of benzene rings is 1. The van der Waals surface area contributed by atoms with Gasteiger partial charge in [-0.05, 0) is 24.1 Å². The van der Waals surface area contributed by atoms with Crippen molar-refractivity contribution < 1.29 is 19.3 Å². The molecule has 0 radical (unpaired) electrons. The Morgan fingerprint density at radius 3 is 2.82 bits per heavy atom. The Bertz CT molecular complexity index is 374. The molecule has 1 aliphatic rings. The Balaban J connectivity index is 2.09. The SMILES string of the molecule is CC[C@H](O)c1ccc(OC[C@@H]2CO2)c(OC)c1. The Hall–Kier alpha value is -1.26. The first-order valence-electron chi connectivity index (χ1n) is 5.85. The fourth-order valence-corrected chi connectivity index (χ4v) is 1.59. The molecule has 17 heavy (non-hydrogen) atoms. The van der Waals surface area contributed by atoms with Gasteiger partial charge in [-0.1, -0.05) is 13.0 Å². The van der Waals surface area contributed by atoms with Crippen LogP contribution in [-0.2, 0) is 4.74 Å². The van der Waals surface area contributed by atoms with E-state index in [0.29, 0.717) is 24.5 Å². The van der Waals surface area contributed by atoms with Crippen LogP contribution in [0.25, 0.3) is 0 Å². The van der Waals surface area contributed by atoms with Gasteiger partial charge in [-0.2, -0.15) is 0 Å². The van der Waals surface area contributed by atoms with Crippen LogP contribution >= 0.6 is 0 Å². The molecule has 1 saturated heterocycles. The van der Waals surface area contributed by atoms with Gasteiger partial charge in [0.15, 0.2) is 11.5 Å². The molecule has 4 nitrogen and oxygen atoms in total. The number of aliphatic hydroxyl groups is 1. The van der Waals surface area contributed by atoms with Gasteiger partial charge < -0.3 is 19.3 Å². The van der Waals surface area contributed by atoms with Crippen molar-refractivity contribution in [2.75, 3.05) is 20.3 Å². The molecule has 1 N–H and O–H groups in total. The monoisotopic (exact) mass is 238 g/mol. The number of epoxide rings is 1. The minimum absolute atomic E-state index is 0.223. The normalized spacial score (nSPS) is 19.8. The molecule has 0 aromatic heterocycles. The van der Waals surface area contributed by atoms with E-state index in [1.54, 1.807) is 7.11 Å². The molecule has 1 aliphatic heterocycles. The van der Waals surface area contributed by atoms with Gasteiger partial charge in [0, 0.05) is 0 Å². The Labute approximate surface area is 101 Å². The lowest BCUT2D eigenvalue weighted by atomic mass is 10.1. The van der Waals surface area contributed by atoms with Crippen LogP contribution in [0, 0.1) is 0 Å². The van der Waals surface area contributed by atoms with Gasteiger partial charge in [-0.15, -0.1) is 0 Å². The summed E-state index contributed by atoms with van der Waals surface area (Å²) >= 11 is 0. The summed E-state index contributed by atoms with van der Waals surface area (Å²) in [4.78, 5) is 0. The van der Waals surface area contributed by atoms with Crippen LogP contribution in [0.1, 0.15) is 25.0 Å². The van der Waals surface area contributed by atoms with E-state index in [4.69, 9.17) is 14.2 Å². The molecule has 2 rings (SSSR count). The number of hydrogen-bond donors (Lipinski definition) is 1. The van der Waals surface area contributed by atoms with Crippen molar-refractivity contribution in [1.82, 2.24) is 0 Å². The molecule has 1 fully saturated rings. The summed E-state index contributed by atoms with van der Waals surface area (Å²) in [5.41, 5.74) is 0.847. The van der Waals surface area contributed by atoms with E-state index in [9.17, 15) is 5.11 Å². The molecule has 4 heteroatoms. The highest BCUT2D eigenvalue weighted by molar-refractivity contribution is 5.43. The summed E-state index contributed by atoms with van der Waals surface area (Å²) in [7, 11) is 1.60. The zero-order valence-electron chi connectivity index (χ0n) is 10.2. The minimum Gasteiger partial charge on any atom is -0.493 e. The molecule has 1 aromatic carbocycles. The summed E-state index contributed by atoms with van der Waals surface area (Å²) in [6.07, 6.45) is 0.449. The summed E-state index contributed by atoms with van der Waals surface area (Å²) in [5.74, 6) is 1.34. The van der Waals surface area contributed by atoms with Crippen molar-refractivity contribution in [3.05, 3.63) is 23.8 Å². The fraction of sp³-hybridized carbons (Fsp3) is 0.538. The Morgan fingerprint density at radius 1 is 1.47 bits per heavy atom. The molecule has 94 valence electrons. The molecular weight excluding hydrogens is 220 g/mol. The van der Waals surface area contributed by atoms with Gasteiger partial charge in [-0.25, -0.2) is 0 Å². The van der Waals surface area contributed by atoms with E-state index in [0.717, 1.165) is 12.2 Å². The van der Waals surface area contributed by atoms with Gasteiger partial charge in [0.05, 0.1) is 19.8 Å². The summed E-state index contributed by atoms with van der Waals surface area (Å²) in [5, 5.41) is 9.75. The van der Waals surface area contributed by atoms with Crippen LogP contribution in [0.2, 0.25) is 0 Å². The number of hydrogen-bond acceptors (Lipinski definition) is 4. The highest BCUT2D eigenvalue weighted by Gasteiger charge is 2.23. The van der Waals surface area contributed by atoms with Crippen molar-refractivity contribution in [3.8, 4) is 11.5 Å². The molecular formula is C13H18O4. The summed E-state index contributed by atoms with van der Waals surface area (Å²) in [6, 6.07) is 5.51. The Kier molecular flexibility index (Phi) is 3.86. The molecule has 1 heterocycles. The van der Waals surface area contributed by atoms with Gasteiger partial charge >= 0.3 is 0 Å². The first-order valence-corrected chi connectivity index (χ1v) is 5.85. The zero-order valence-corrected chi connectivity index (χ0v) is 10.2. The van der Waals surface area contributed by atoms with Gasteiger partial charge in [0.1, 0.15) is 12.7 Å². The predicted octanol–water partition coefficient (Wildman–Crippen LogP) is 1.92. The lowest BCUT2D eigenvalue weighted by molar-refractivity contribution is 0.173. The highest BCUT2D eigenvalue weighted by atomic mass is 16.6. The van der Waals surface area contributed by atoms with Crippen molar-refractivity contribution in [1.29, 1.82) is 0 Å².